The van der Waals surface area contributed by atoms with Crippen LogP contribution in [0.25, 0.3) is 0 Å². The number of nitrogens with zero attached hydrogens (tertiary/aromatic N) is 1. The number of hydrogen-bond acceptors (Lipinski definition) is 4. The molecule has 2 aromatic rings. The number of furan rings is 1. The fourth-order valence-corrected chi connectivity index (χ4v) is 1.58. The van der Waals surface area contributed by atoms with Crippen LogP contribution in [0.3, 0.4) is 0 Å². The van der Waals surface area contributed by atoms with E-state index in [4.69, 9.17) is 22.4 Å². The number of hydrogen-bond donors (Lipinski definition) is 2. The predicted octanol–water partition coefficient (Wildman–Crippen LogP) is 2.48. The van der Waals surface area contributed by atoms with E-state index >= 15 is 0 Å². The first-order valence-electron chi connectivity index (χ1n) is 5.22. The van der Waals surface area contributed by atoms with E-state index in [-0.39, 0.29) is 6.04 Å². The lowest BCUT2D eigenvalue weighted by molar-refractivity contribution is 0.490. The molecule has 0 saturated heterocycles. The van der Waals surface area contributed by atoms with Gasteiger partial charge in [0.25, 0.3) is 0 Å². The fourth-order valence-electron chi connectivity index (χ4n) is 1.46. The summed E-state index contributed by atoms with van der Waals surface area (Å²) in [5, 5.41) is 3.22. The zero-order valence-corrected chi connectivity index (χ0v) is 10.2. The summed E-state index contributed by atoms with van der Waals surface area (Å²) in [4.78, 5) is 4.58. The van der Waals surface area contributed by atoms with Crippen LogP contribution in [0.2, 0.25) is 0 Å². The van der Waals surface area contributed by atoms with E-state index in [1.807, 2.05) is 31.2 Å². The van der Waals surface area contributed by atoms with Crippen LogP contribution in [0, 0.1) is 0 Å². The number of aromatic nitrogens is 1. The lowest BCUT2D eigenvalue weighted by Crippen LogP contribution is -2.11. The molecule has 17 heavy (non-hydrogen) atoms. The van der Waals surface area contributed by atoms with Gasteiger partial charge in [-0.05, 0) is 31.2 Å². The van der Waals surface area contributed by atoms with Crippen molar-refractivity contribution in [2.75, 3.05) is 5.32 Å². The molecule has 0 spiro atoms. The molecule has 1 atom stereocenters. The molecule has 0 aliphatic rings. The van der Waals surface area contributed by atoms with Crippen LogP contribution in [-0.2, 0) is 0 Å². The van der Waals surface area contributed by atoms with E-state index in [0.29, 0.717) is 4.99 Å². The Kier molecular flexibility index (Phi) is 3.39. The van der Waals surface area contributed by atoms with Crippen LogP contribution in [0.1, 0.15) is 24.3 Å². The molecule has 1 unspecified atom stereocenters. The van der Waals surface area contributed by atoms with Gasteiger partial charge in [0, 0.05) is 11.8 Å². The van der Waals surface area contributed by atoms with Crippen LogP contribution in [0.15, 0.2) is 41.1 Å². The summed E-state index contributed by atoms with van der Waals surface area (Å²) in [6.45, 7) is 2.00. The fraction of sp³-hybridized carbons (Fsp3) is 0.167. The maximum Gasteiger partial charge on any atom is 0.126 e. The SMILES string of the molecule is CC(Nc1ccc(C(N)=S)cn1)c1ccco1. The minimum atomic E-state index is 0.0631. The molecule has 88 valence electrons. The lowest BCUT2D eigenvalue weighted by atomic mass is 10.2. The number of anilines is 1. The molecular formula is C12H13N3OS. The van der Waals surface area contributed by atoms with Gasteiger partial charge >= 0.3 is 0 Å². The van der Waals surface area contributed by atoms with Crippen LogP contribution < -0.4 is 11.1 Å². The van der Waals surface area contributed by atoms with E-state index in [1.54, 1.807) is 12.5 Å². The third-order valence-corrected chi connectivity index (χ3v) is 2.62. The van der Waals surface area contributed by atoms with Crippen molar-refractivity contribution in [3.8, 4) is 0 Å². The highest BCUT2D eigenvalue weighted by molar-refractivity contribution is 7.80. The zero-order chi connectivity index (χ0) is 12.3. The first-order chi connectivity index (χ1) is 8.16. The summed E-state index contributed by atoms with van der Waals surface area (Å²) in [5.74, 6) is 1.62. The molecule has 0 bridgehead atoms. The van der Waals surface area contributed by atoms with Gasteiger partial charge in [-0.2, -0.15) is 0 Å². The Labute approximate surface area is 105 Å². The molecule has 2 heterocycles. The first kappa shape index (κ1) is 11.6. The number of nitrogens with one attached hydrogen (secondary N) is 1. The van der Waals surface area contributed by atoms with Gasteiger partial charge in [0.15, 0.2) is 0 Å². The van der Waals surface area contributed by atoms with Crippen molar-refractivity contribution in [2.45, 2.75) is 13.0 Å². The van der Waals surface area contributed by atoms with Gasteiger partial charge in [-0.3, -0.25) is 0 Å². The Hall–Kier alpha value is -1.88. The van der Waals surface area contributed by atoms with Gasteiger partial charge in [-0.15, -0.1) is 0 Å². The second-order valence-corrected chi connectivity index (χ2v) is 4.12. The average Bonchev–Trinajstić information content (AvgIpc) is 2.83. The van der Waals surface area contributed by atoms with Crippen LogP contribution >= 0.6 is 12.2 Å². The van der Waals surface area contributed by atoms with E-state index in [9.17, 15) is 0 Å². The topological polar surface area (TPSA) is 64.1 Å². The Bertz CT molecular complexity index is 493. The summed E-state index contributed by atoms with van der Waals surface area (Å²) in [6.07, 6.45) is 3.30. The van der Waals surface area contributed by atoms with E-state index in [1.165, 1.54) is 0 Å². The molecule has 0 aliphatic carbocycles. The van der Waals surface area contributed by atoms with Crippen LogP contribution in [-0.4, -0.2) is 9.97 Å². The van der Waals surface area contributed by atoms with Gasteiger partial charge in [-0.1, -0.05) is 12.2 Å². The van der Waals surface area contributed by atoms with Crippen molar-refractivity contribution in [3.05, 3.63) is 48.0 Å². The van der Waals surface area contributed by atoms with Crippen molar-refractivity contribution in [1.82, 2.24) is 4.98 Å². The van der Waals surface area contributed by atoms with E-state index in [2.05, 4.69) is 10.3 Å². The zero-order valence-electron chi connectivity index (χ0n) is 9.38. The summed E-state index contributed by atoms with van der Waals surface area (Å²) in [6, 6.07) is 7.52. The maximum atomic E-state index is 5.50. The Morgan fingerprint density at radius 2 is 2.29 bits per heavy atom. The molecule has 2 rings (SSSR count). The van der Waals surface area contributed by atoms with Crippen LogP contribution in [0.5, 0.6) is 0 Å². The number of pyridine rings is 1. The molecule has 4 nitrogen and oxygen atoms in total. The summed E-state index contributed by atoms with van der Waals surface area (Å²) < 4.78 is 5.30. The summed E-state index contributed by atoms with van der Waals surface area (Å²) >= 11 is 4.86. The monoisotopic (exact) mass is 247 g/mol. The highest BCUT2D eigenvalue weighted by Gasteiger charge is 2.08. The molecule has 5 heteroatoms. The molecule has 0 fully saturated rings. The average molecular weight is 247 g/mol. The third-order valence-electron chi connectivity index (χ3n) is 2.38. The van der Waals surface area contributed by atoms with Crippen molar-refractivity contribution in [2.24, 2.45) is 5.73 Å². The van der Waals surface area contributed by atoms with Gasteiger partial charge in [0.05, 0.1) is 12.3 Å². The van der Waals surface area contributed by atoms with Gasteiger partial charge in [-0.25, -0.2) is 4.98 Å². The van der Waals surface area contributed by atoms with E-state index < -0.39 is 0 Å². The number of thiocarbonyl (C=S) groups is 1. The quantitative estimate of drug-likeness (QED) is 0.813. The van der Waals surface area contributed by atoms with Crippen molar-refractivity contribution in [1.29, 1.82) is 0 Å². The summed E-state index contributed by atoms with van der Waals surface area (Å²) in [7, 11) is 0. The van der Waals surface area contributed by atoms with Crippen molar-refractivity contribution in [3.63, 3.8) is 0 Å². The largest absolute Gasteiger partial charge is 0.467 e. The smallest absolute Gasteiger partial charge is 0.126 e. The number of nitrogens with two attached hydrogens (primary N) is 1. The van der Waals surface area contributed by atoms with Gasteiger partial charge in [0.1, 0.15) is 16.6 Å². The third kappa shape index (κ3) is 2.82. The van der Waals surface area contributed by atoms with Gasteiger partial charge < -0.3 is 15.5 Å². The molecule has 0 amide bonds. The molecular weight excluding hydrogens is 234 g/mol. The molecule has 3 N–H and O–H groups in total. The molecule has 0 aliphatic heterocycles. The van der Waals surface area contributed by atoms with Gasteiger partial charge in [0.2, 0.25) is 0 Å². The van der Waals surface area contributed by atoms with Crippen LogP contribution in [0.4, 0.5) is 5.82 Å². The standard InChI is InChI=1S/C12H13N3OS/c1-8(10-3-2-6-16-10)15-11-5-4-9(7-14-11)12(13)17/h2-8H,1H3,(H2,13,17)(H,14,15). The normalized spacial score (nSPS) is 12.1. The molecule has 0 aromatic carbocycles. The Morgan fingerprint density at radius 1 is 1.47 bits per heavy atom. The molecule has 0 radical (unpaired) electrons. The highest BCUT2D eigenvalue weighted by Crippen LogP contribution is 2.17. The predicted molar refractivity (Wildman–Crippen MR) is 70.9 cm³/mol. The second kappa shape index (κ2) is 4.97. The van der Waals surface area contributed by atoms with E-state index in [0.717, 1.165) is 17.1 Å². The minimum Gasteiger partial charge on any atom is -0.467 e. The minimum absolute atomic E-state index is 0.0631. The maximum absolute atomic E-state index is 5.50. The second-order valence-electron chi connectivity index (χ2n) is 3.68. The Morgan fingerprint density at radius 3 is 2.82 bits per heavy atom. The molecule has 2 aromatic heterocycles. The Balaban J connectivity index is 2.06. The molecule has 0 saturated carbocycles. The number of rotatable bonds is 4. The van der Waals surface area contributed by atoms with Crippen molar-refractivity contribution >= 4 is 23.0 Å². The summed E-state index contributed by atoms with van der Waals surface area (Å²) in [5.41, 5.74) is 6.26. The lowest BCUT2D eigenvalue weighted by Gasteiger charge is -2.12. The van der Waals surface area contributed by atoms with Crippen molar-refractivity contribution < 1.29 is 4.42 Å². The highest BCUT2D eigenvalue weighted by atomic mass is 32.1. The first-order valence-corrected chi connectivity index (χ1v) is 5.63.